The van der Waals surface area contributed by atoms with Crippen molar-refractivity contribution in [2.75, 3.05) is 0 Å². The summed E-state index contributed by atoms with van der Waals surface area (Å²) in [4.78, 5) is 12.3. The zero-order valence-electron chi connectivity index (χ0n) is 8.72. The predicted octanol–water partition coefficient (Wildman–Crippen LogP) is 3.41. The highest BCUT2D eigenvalue weighted by molar-refractivity contribution is 9.10. The molecule has 0 unspecified atom stereocenters. The van der Waals surface area contributed by atoms with E-state index in [1.165, 1.54) is 0 Å². The van der Waals surface area contributed by atoms with Gasteiger partial charge < -0.3 is 4.74 Å². The lowest BCUT2D eigenvalue weighted by atomic mass is 10.4. The minimum absolute atomic E-state index is 0.0349. The van der Waals surface area contributed by atoms with Gasteiger partial charge in [0.25, 0.3) is 0 Å². The highest BCUT2D eigenvalue weighted by Crippen LogP contribution is 2.28. The summed E-state index contributed by atoms with van der Waals surface area (Å²) < 4.78 is 6.60. The van der Waals surface area contributed by atoms with Gasteiger partial charge in [-0.15, -0.1) is 0 Å². The van der Waals surface area contributed by atoms with Crippen LogP contribution in [0.2, 0.25) is 0 Å². The molecule has 0 saturated carbocycles. The summed E-state index contributed by atoms with van der Waals surface area (Å²) in [5, 5.41) is 0. The van der Waals surface area contributed by atoms with Crippen LogP contribution < -0.4 is 0 Å². The van der Waals surface area contributed by atoms with Crippen molar-refractivity contribution in [2.45, 2.75) is 23.4 Å². The third-order valence-electron chi connectivity index (χ3n) is 2.22. The van der Waals surface area contributed by atoms with Crippen LogP contribution in [0.4, 0.5) is 0 Å². The summed E-state index contributed by atoms with van der Waals surface area (Å²) in [6, 6.07) is 8.02. The molecule has 0 bridgehead atoms. The molecule has 16 heavy (non-hydrogen) atoms. The molecule has 2 atom stereocenters. The largest absolute Gasteiger partial charge is 0.352 e. The Balaban J connectivity index is 2.03. The Hall–Kier alpha value is -0.580. The van der Waals surface area contributed by atoms with Crippen LogP contribution in [0.25, 0.3) is 0 Å². The van der Waals surface area contributed by atoms with Gasteiger partial charge >= 0.3 is 0 Å². The van der Waals surface area contributed by atoms with Crippen molar-refractivity contribution in [2.24, 2.45) is 0 Å². The lowest BCUT2D eigenvalue weighted by molar-refractivity contribution is -0.125. The summed E-state index contributed by atoms with van der Waals surface area (Å²) in [6.07, 6.45) is 3.07. The van der Waals surface area contributed by atoms with Crippen LogP contribution in [0, 0.1) is 0 Å². The van der Waals surface area contributed by atoms with Crippen molar-refractivity contribution in [1.29, 1.82) is 0 Å². The molecule has 1 aliphatic rings. The molecule has 1 heterocycles. The minimum atomic E-state index is -0.335. The maximum atomic E-state index is 11.2. The third-order valence-corrected chi connectivity index (χ3v) is 3.80. The van der Waals surface area contributed by atoms with E-state index in [4.69, 9.17) is 4.74 Å². The van der Waals surface area contributed by atoms with Crippen molar-refractivity contribution < 1.29 is 9.53 Å². The van der Waals surface area contributed by atoms with Gasteiger partial charge in [0.05, 0.1) is 0 Å². The average Bonchev–Trinajstić information content (AvgIpc) is 2.27. The standard InChI is InChI=1S/C12H11BrO2S/c1-8-11(14)6-7-12(15-8)16-10-4-2-9(13)3-5-10/h2-8,12H,1H3/t8-,12-/m1/s1/i8+1. The van der Waals surface area contributed by atoms with E-state index in [2.05, 4.69) is 15.9 Å². The fraction of sp³-hybridized carbons (Fsp3) is 0.250. The highest BCUT2D eigenvalue weighted by Gasteiger charge is 2.21. The van der Waals surface area contributed by atoms with Crippen molar-refractivity contribution >= 4 is 33.5 Å². The SMILES string of the molecule is C[13C@H]1O[C@H](Sc2ccc(Br)cc2)C=CC1=O. The van der Waals surface area contributed by atoms with E-state index in [-0.39, 0.29) is 17.3 Å². The molecule has 0 radical (unpaired) electrons. The van der Waals surface area contributed by atoms with E-state index in [1.807, 2.05) is 24.3 Å². The van der Waals surface area contributed by atoms with Crippen LogP contribution in [-0.4, -0.2) is 17.3 Å². The summed E-state index contributed by atoms with van der Waals surface area (Å²) in [5.74, 6) is 0.0349. The molecule has 0 N–H and O–H groups in total. The molecule has 0 fully saturated rings. The first-order chi connectivity index (χ1) is 7.65. The lowest BCUT2D eigenvalue weighted by Gasteiger charge is -2.21. The van der Waals surface area contributed by atoms with Crippen molar-refractivity contribution in [3.63, 3.8) is 0 Å². The quantitative estimate of drug-likeness (QED) is 0.783. The second-order valence-corrected chi connectivity index (χ2v) is 5.57. The Morgan fingerprint density at radius 2 is 2.00 bits per heavy atom. The molecule has 4 heteroatoms. The number of carbonyl (C=O) groups is 1. The van der Waals surface area contributed by atoms with Crippen molar-refractivity contribution in [3.05, 3.63) is 40.9 Å². The predicted molar refractivity (Wildman–Crippen MR) is 68.5 cm³/mol. The number of rotatable bonds is 2. The van der Waals surface area contributed by atoms with Crippen LogP contribution in [0.3, 0.4) is 0 Å². The minimum Gasteiger partial charge on any atom is -0.352 e. The first-order valence-corrected chi connectivity index (χ1v) is 6.62. The normalized spacial score (nSPS) is 24.8. The molecule has 1 aliphatic heterocycles. The van der Waals surface area contributed by atoms with Crippen molar-refractivity contribution in [3.8, 4) is 0 Å². The Labute approximate surface area is 107 Å². The first kappa shape index (κ1) is 11.9. The molecule has 1 aromatic carbocycles. The van der Waals surface area contributed by atoms with Crippen LogP contribution in [-0.2, 0) is 9.53 Å². The number of halogens is 1. The Bertz CT molecular complexity index is 414. The Kier molecular flexibility index (Phi) is 3.84. The lowest BCUT2D eigenvalue weighted by Crippen LogP contribution is -2.27. The van der Waals surface area contributed by atoms with Gasteiger partial charge in [-0.1, -0.05) is 27.7 Å². The fourth-order valence-corrected chi connectivity index (χ4v) is 2.54. The molecule has 0 saturated heterocycles. The molecule has 2 nitrogen and oxygen atoms in total. The molecular formula is C12H11BrO2S. The van der Waals surface area contributed by atoms with Crippen LogP contribution >= 0.6 is 27.7 Å². The molecule has 2 rings (SSSR count). The van der Waals surface area contributed by atoms with Gasteiger partial charge in [0, 0.05) is 9.37 Å². The second-order valence-electron chi connectivity index (χ2n) is 3.48. The van der Waals surface area contributed by atoms with Gasteiger partial charge in [0.2, 0.25) is 0 Å². The molecule has 84 valence electrons. The Morgan fingerprint density at radius 3 is 2.62 bits per heavy atom. The van der Waals surface area contributed by atoms with E-state index in [0.717, 1.165) is 9.37 Å². The number of ether oxygens (including phenoxy) is 1. The van der Waals surface area contributed by atoms with Gasteiger partial charge in [-0.3, -0.25) is 4.79 Å². The summed E-state index contributed by atoms with van der Waals surface area (Å²) in [6.45, 7) is 1.78. The fourth-order valence-electron chi connectivity index (χ4n) is 1.34. The zero-order valence-corrected chi connectivity index (χ0v) is 11.1. The third kappa shape index (κ3) is 2.97. The van der Waals surface area contributed by atoms with E-state index >= 15 is 0 Å². The molecule has 1 aromatic rings. The number of benzene rings is 1. The highest BCUT2D eigenvalue weighted by atomic mass is 79.9. The smallest absolute Gasteiger partial charge is 0.183 e. The maximum Gasteiger partial charge on any atom is 0.183 e. The van der Waals surface area contributed by atoms with Gasteiger partial charge in [0.15, 0.2) is 5.78 Å². The van der Waals surface area contributed by atoms with Crippen molar-refractivity contribution in [1.82, 2.24) is 0 Å². The number of hydrogen-bond acceptors (Lipinski definition) is 3. The topological polar surface area (TPSA) is 26.3 Å². The number of ketones is 1. The summed E-state index contributed by atoms with van der Waals surface area (Å²) in [5.41, 5.74) is -0.0751. The molecular weight excluding hydrogens is 289 g/mol. The van der Waals surface area contributed by atoms with E-state index in [1.54, 1.807) is 30.8 Å². The molecule has 0 spiro atoms. The van der Waals surface area contributed by atoms with Crippen LogP contribution in [0.5, 0.6) is 0 Å². The van der Waals surface area contributed by atoms with E-state index in [0.29, 0.717) is 0 Å². The van der Waals surface area contributed by atoms with Gasteiger partial charge in [-0.05, 0) is 43.3 Å². The van der Waals surface area contributed by atoms with Crippen LogP contribution in [0.1, 0.15) is 6.92 Å². The molecule has 0 amide bonds. The second kappa shape index (κ2) is 5.17. The molecule has 0 aliphatic carbocycles. The number of carbonyl (C=O) groups excluding carboxylic acids is 1. The maximum absolute atomic E-state index is 11.2. The number of thioether (sulfide) groups is 1. The number of hydrogen-bond donors (Lipinski definition) is 0. The van der Waals surface area contributed by atoms with Crippen LogP contribution in [0.15, 0.2) is 45.8 Å². The monoisotopic (exact) mass is 299 g/mol. The zero-order chi connectivity index (χ0) is 11.5. The average molecular weight is 300 g/mol. The van der Waals surface area contributed by atoms with Gasteiger partial charge in [-0.25, -0.2) is 0 Å². The van der Waals surface area contributed by atoms with E-state index in [9.17, 15) is 4.79 Å². The molecule has 0 aromatic heterocycles. The summed E-state index contributed by atoms with van der Waals surface area (Å²) >= 11 is 4.99. The van der Waals surface area contributed by atoms with Gasteiger partial charge in [-0.2, -0.15) is 0 Å². The summed E-state index contributed by atoms with van der Waals surface area (Å²) in [7, 11) is 0. The Morgan fingerprint density at radius 1 is 1.31 bits per heavy atom. The van der Waals surface area contributed by atoms with E-state index < -0.39 is 0 Å². The first-order valence-electron chi connectivity index (χ1n) is 4.95. The van der Waals surface area contributed by atoms with Gasteiger partial charge in [0.1, 0.15) is 11.5 Å².